The standard InChI is InChI=1S/C25H40F3N3O3S.CH3.Al.FH.HI/c1-9-24(7,8)34-22(32)31-14-12-30(13-15-31)20-11-10-18(25(26,27)28)16-19(20)21(17(2)3)29-35(33)23(4,5)6;;;;/h10-11,16-17,21,29H,9,12-15H2,1-8H3;1H3;;2*1H/q;;+2;;/p-2. The molecule has 6 nitrogen and oxygen atoms in total. The van der Waals surface area contributed by atoms with Gasteiger partial charge in [0.05, 0.1) is 21.3 Å². The lowest BCUT2D eigenvalue weighted by Gasteiger charge is -2.39. The molecule has 0 saturated carbocycles. The second-order valence-corrected chi connectivity index (χ2v) is 19.7. The Morgan fingerprint density at radius 3 is 2.05 bits per heavy atom. The van der Waals surface area contributed by atoms with Gasteiger partial charge in [-0.05, 0) is 70.7 Å². The molecule has 13 heteroatoms. The van der Waals surface area contributed by atoms with Gasteiger partial charge in [-0.15, -0.1) is 0 Å². The van der Waals surface area contributed by atoms with Crippen molar-refractivity contribution in [2.45, 2.75) is 90.2 Å². The van der Waals surface area contributed by atoms with E-state index in [9.17, 15) is 25.7 Å². The lowest BCUT2D eigenvalue weighted by Crippen LogP contribution is -2.50. The third-order valence-electron chi connectivity index (χ3n) is 6.24. The van der Waals surface area contributed by atoms with Crippen molar-refractivity contribution >= 4 is 54.4 Å². The Morgan fingerprint density at radius 1 is 1.13 bits per heavy atom. The van der Waals surface area contributed by atoms with Crippen molar-refractivity contribution in [2.75, 3.05) is 31.1 Å². The molecule has 0 spiro atoms. The highest BCUT2D eigenvalue weighted by atomic mass is 127. The van der Waals surface area contributed by atoms with E-state index in [4.69, 9.17) is 4.74 Å². The molecule has 0 radical (unpaired) electrons. The quantitative estimate of drug-likeness (QED) is 0.182. The molecule has 2 atom stereocenters. The van der Waals surface area contributed by atoms with Crippen LogP contribution in [0.3, 0.4) is 0 Å². The zero-order chi connectivity index (χ0) is 30.3. The highest BCUT2D eigenvalue weighted by Gasteiger charge is 2.35. The van der Waals surface area contributed by atoms with Crippen LogP contribution in [-0.4, -0.2) is 63.1 Å². The number of nitrogens with zero attached hydrogens (tertiary/aromatic N) is 2. The summed E-state index contributed by atoms with van der Waals surface area (Å²) in [4.78, 5) is 16.2. The number of carbonyl (C=O) groups excluding carboxylic acids is 1. The number of rotatable bonds is 7. The molecule has 1 heterocycles. The van der Waals surface area contributed by atoms with Crippen LogP contribution in [0.5, 0.6) is 0 Å². The number of ether oxygens (including phenoxy) is 1. The van der Waals surface area contributed by atoms with Gasteiger partial charge < -0.3 is 18.1 Å². The van der Waals surface area contributed by atoms with Gasteiger partial charge in [0.25, 0.3) is 0 Å². The second kappa shape index (κ2) is 15.0. The van der Waals surface area contributed by atoms with Crippen molar-refractivity contribution in [1.82, 2.24) is 9.62 Å². The smallest absolute Gasteiger partial charge is 0.443 e. The van der Waals surface area contributed by atoms with E-state index in [2.05, 4.69) is 4.72 Å². The van der Waals surface area contributed by atoms with Gasteiger partial charge in [-0.1, -0.05) is 26.6 Å². The van der Waals surface area contributed by atoms with Crippen molar-refractivity contribution < 1.29 is 30.4 Å². The topological polar surface area (TPSA) is 61.9 Å². The number of amides is 1. The summed E-state index contributed by atoms with van der Waals surface area (Å²) in [6.07, 6.45) is -4.19. The molecule has 1 amide bonds. The monoisotopic (exact) mass is 707 g/mol. The predicted octanol–water partition coefficient (Wildman–Crippen LogP) is 7.41. The van der Waals surface area contributed by atoms with E-state index in [-0.39, 0.29) is 12.0 Å². The number of alkyl halides is 3. The fraction of sp³-hybridized carbons (Fsp3) is 0.731. The van der Waals surface area contributed by atoms with Gasteiger partial charge in [0.1, 0.15) is 5.60 Å². The van der Waals surface area contributed by atoms with E-state index in [0.29, 0.717) is 43.9 Å². The maximum absolute atomic E-state index is 13.6. The van der Waals surface area contributed by atoms with E-state index in [1.807, 2.05) is 80.6 Å². The lowest BCUT2D eigenvalue weighted by atomic mass is 9.93. The minimum absolute atomic E-state index is 0.115. The average molecular weight is 708 g/mol. The SMILES string of the molecule is CCC(C)(C)OC(=O)N1CCN(c2ccc(C(F)(F)F)cc2C(NS(=O)C(C)(C)C)C(C)C)CC1.[CH3][Al]([F])[I]. The van der Waals surface area contributed by atoms with Gasteiger partial charge >= 0.3 is 23.6 Å². The molecule has 2 unspecified atom stereocenters. The molecule has 2 rings (SSSR count). The number of nitrogens with one attached hydrogen (secondary N) is 1. The zero-order valence-corrected chi connectivity index (χ0v) is 28.5. The first-order valence-corrected chi connectivity index (χ1v) is 20.0. The lowest BCUT2D eigenvalue weighted by molar-refractivity contribution is -0.137. The van der Waals surface area contributed by atoms with Crippen LogP contribution in [0, 0.1) is 5.92 Å². The number of hydrogen-bond donors (Lipinski definition) is 1. The number of anilines is 1. The van der Waals surface area contributed by atoms with Crippen LogP contribution in [-0.2, 0) is 21.9 Å². The molecular weight excluding hydrogens is 664 g/mol. The van der Waals surface area contributed by atoms with Gasteiger partial charge in [-0.2, -0.15) is 33.4 Å². The van der Waals surface area contributed by atoms with Crippen molar-refractivity contribution in [3.8, 4) is 0 Å². The van der Waals surface area contributed by atoms with Crippen LogP contribution in [0.15, 0.2) is 18.2 Å². The number of carbonyl (C=O) groups is 1. The van der Waals surface area contributed by atoms with Gasteiger partial charge in [0, 0.05) is 37.9 Å². The Morgan fingerprint density at radius 2 is 1.64 bits per heavy atom. The second-order valence-electron chi connectivity index (χ2n) is 11.5. The maximum atomic E-state index is 13.6. The zero-order valence-electron chi connectivity index (χ0n) is 24.4. The number of hydrogen-bond acceptors (Lipinski definition) is 4. The number of benzene rings is 1. The summed E-state index contributed by atoms with van der Waals surface area (Å²) in [6, 6.07) is 3.18. The van der Waals surface area contributed by atoms with Crippen LogP contribution in [0.4, 0.5) is 27.2 Å². The summed E-state index contributed by atoms with van der Waals surface area (Å²) in [5.41, 5.74) is -0.199. The van der Waals surface area contributed by atoms with E-state index in [1.165, 1.54) is 6.07 Å². The number of piperazine rings is 1. The average Bonchev–Trinajstić information content (AvgIpc) is 2.80. The Bertz CT molecular complexity index is 964. The van der Waals surface area contributed by atoms with Crippen LogP contribution in [0.1, 0.15) is 79.0 Å². The Labute approximate surface area is 249 Å². The molecule has 1 aliphatic heterocycles. The molecule has 1 fully saturated rings. The first kappa shape index (κ1) is 36.4. The molecule has 1 N–H and O–H groups in total. The molecule has 1 aromatic rings. The minimum atomic E-state index is -4.49. The predicted molar refractivity (Wildman–Crippen MR) is 161 cm³/mol. The van der Waals surface area contributed by atoms with Crippen LogP contribution in [0.25, 0.3) is 0 Å². The van der Waals surface area contributed by atoms with Gasteiger partial charge in [0.2, 0.25) is 0 Å². The molecule has 1 saturated heterocycles. The fourth-order valence-electron chi connectivity index (χ4n) is 3.62. The highest BCUT2D eigenvalue weighted by molar-refractivity contribution is 14.1. The minimum Gasteiger partial charge on any atom is -0.443 e. The summed E-state index contributed by atoms with van der Waals surface area (Å²) < 4.78 is 72.9. The molecule has 0 aliphatic carbocycles. The third-order valence-corrected chi connectivity index (χ3v) is 7.82. The van der Waals surface area contributed by atoms with Crippen molar-refractivity contribution in [3.63, 3.8) is 0 Å². The van der Waals surface area contributed by atoms with E-state index in [1.54, 1.807) is 10.7 Å². The number of halogens is 5. The molecule has 0 aromatic heterocycles. The van der Waals surface area contributed by atoms with E-state index < -0.39 is 50.4 Å². The summed E-state index contributed by atoms with van der Waals surface area (Å²) in [5, 5.41) is 0. The maximum Gasteiger partial charge on any atom is 0.594 e. The summed E-state index contributed by atoms with van der Waals surface area (Å²) in [5.74, 6) is 1.51. The molecule has 39 heavy (non-hydrogen) atoms. The molecule has 0 bridgehead atoms. The summed E-state index contributed by atoms with van der Waals surface area (Å²) >= 11 is 0.147. The van der Waals surface area contributed by atoms with Crippen molar-refractivity contribution in [3.05, 3.63) is 29.3 Å². The fourth-order valence-corrected chi connectivity index (χ4v) is 4.61. The Balaban J connectivity index is 0.00000177. The summed E-state index contributed by atoms with van der Waals surface area (Å²) in [6.45, 7) is 16.6. The Hall–Kier alpha value is -0.618. The van der Waals surface area contributed by atoms with Gasteiger partial charge in [0.15, 0.2) is 0 Å². The normalized spacial score (nSPS) is 16.4. The molecule has 1 aliphatic rings. The van der Waals surface area contributed by atoms with Crippen LogP contribution in [0.2, 0.25) is 5.79 Å². The Kier molecular flexibility index (Phi) is 14.0. The van der Waals surface area contributed by atoms with Crippen molar-refractivity contribution in [1.29, 1.82) is 0 Å². The first-order chi connectivity index (χ1) is 17.7. The first-order valence-electron chi connectivity index (χ1n) is 13.1. The summed E-state index contributed by atoms with van der Waals surface area (Å²) in [7, 11) is -1.47. The van der Waals surface area contributed by atoms with Crippen LogP contribution >= 0.6 is 20.3 Å². The van der Waals surface area contributed by atoms with Gasteiger partial charge in [-0.25, -0.2) is 13.7 Å². The highest BCUT2D eigenvalue weighted by Crippen LogP contribution is 2.38. The van der Waals surface area contributed by atoms with E-state index >= 15 is 0 Å². The van der Waals surface area contributed by atoms with Crippen LogP contribution < -0.4 is 9.62 Å². The molecule has 224 valence electrons. The van der Waals surface area contributed by atoms with Gasteiger partial charge in [-0.3, -0.25) is 0 Å². The largest absolute Gasteiger partial charge is 0.594 e. The third kappa shape index (κ3) is 12.0. The van der Waals surface area contributed by atoms with E-state index in [0.717, 1.165) is 12.1 Å². The molecular formula is C26H43AlF4IN3O3S. The van der Waals surface area contributed by atoms with Crippen molar-refractivity contribution in [2.24, 2.45) is 5.92 Å². The molecule has 1 aromatic carbocycles.